The lowest BCUT2D eigenvalue weighted by Crippen LogP contribution is -2.44. The summed E-state index contributed by atoms with van der Waals surface area (Å²) in [6, 6.07) is 8.28. The van der Waals surface area contributed by atoms with E-state index in [4.69, 9.17) is 5.73 Å². The molecule has 19 heavy (non-hydrogen) atoms. The molecular weight excluding hydrogens is 306 g/mol. The molecule has 3 N–H and O–H groups in total. The summed E-state index contributed by atoms with van der Waals surface area (Å²) in [7, 11) is 0. The number of carbonyl (C=O) groups excluding carboxylic acids is 1. The highest BCUT2D eigenvalue weighted by atomic mass is 79.9. The van der Waals surface area contributed by atoms with Crippen molar-refractivity contribution in [2.45, 2.75) is 25.4 Å². The van der Waals surface area contributed by atoms with Crippen molar-refractivity contribution in [2.75, 3.05) is 19.6 Å². The Kier molecular flexibility index (Phi) is 5.36. The van der Waals surface area contributed by atoms with Gasteiger partial charge in [0.05, 0.1) is 6.54 Å². The first-order valence-corrected chi connectivity index (χ1v) is 7.42. The van der Waals surface area contributed by atoms with Crippen LogP contribution >= 0.6 is 15.9 Å². The number of hydrogen-bond donors (Lipinski definition) is 2. The molecule has 0 radical (unpaired) electrons. The Morgan fingerprint density at radius 1 is 1.32 bits per heavy atom. The van der Waals surface area contributed by atoms with Gasteiger partial charge in [0.15, 0.2) is 0 Å². The third kappa shape index (κ3) is 4.93. The van der Waals surface area contributed by atoms with Crippen molar-refractivity contribution < 1.29 is 4.79 Å². The monoisotopic (exact) mass is 325 g/mol. The number of amides is 1. The number of carbonyl (C=O) groups is 1. The van der Waals surface area contributed by atoms with Gasteiger partial charge in [0.2, 0.25) is 5.91 Å². The van der Waals surface area contributed by atoms with Crippen molar-refractivity contribution in [3.05, 3.63) is 34.3 Å². The highest BCUT2D eigenvalue weighted by Crippen LogP contribution is 2.10. The lowest BCUT2D eigenvalue weighted by molar-refractivity contribution is -0.122. The highest BCUT2D eigenvalue weighted by molar-refractivity contribution is 9.10. The van der Waals surface area contributed by atoms with Crippen LogP contribution in [0.2, 0.25) is 0 Å². The molecule has 0 saturated carbocycles. The van der Waals surface area contributed by atoms with Gasteiger partial charge in [0.25, 0.3) is 0 Å². The van der Waals surface area contributed by atoms with E-state index in [0.29, 0.717) is 19.1 Å². The molecule has 1 aliphatic heterocycles. The molecule has 4 nitrogen and oxygen atoms in total. The quantitative estimate of drug-likeness (QED) is 0.881. The Bertz CT molecular complexity index is 413. The van der Waals surface area contributed by atoms with E-state index in [9.17, 15) is 4.79 Å². The van der Waals surface area contributed by atoms with Crippen LogP contribution in [0.15, 0.2) is 28.7 Å². The molecule has 1 amide bonds. The molecule has 2 rings (SSSR count). The Labute approximate surface area is 122 Å². The Morgan fingerprint density at radius 3 is 2.58 bits per heavy atom. The van der Waals surface area contributed by atoms with E-state index in [0.717, 1.165) is 36.0 Å². The van der Waals surface area contributed by atoms with Crippen LogP contribution in [-0.2, 0) is 11.3 Å². The summed E-state index contributed by atoms with van der Waals surface area (Å²) in [4.78, 5) is 14.0. The van der Waals surface area contributed by atoms with Crippen molar-refractivity contribution in [3.63, 3.8) is 0 Å². The molecular formula is C14H20BrN3O. The third-order valence-corrected chi connectivity index (χ3v) is 3.93. The van der Waals surface area contributed by atoms with Gasteiger partial charge in [0.1, 0.15) is 0 Å². The van der Waals surface area contributed by atoms with Crippen molar-refractivity contribution in [1.82, 2.24) is 10.2 Å². The Morgan fingerprint density at radius 2 is 1.95 bits per heavy atom. The normalized spacial score (nSPS) is 17.4. The van der Waals surface area contributed by atoms with Gasteiger partial charge in [-0.3, -0.25) is 9.69 Å². The molecule has 1 heterocycles. The minimum Gasteiger partial charge on any atom is -0.351 e. The lowest BCUT2D eigenvalue weighted by atomic mass is 10.1. The van der Waals surface area contributed by atoms with Crippen molar-refractivity contribution in [1.29, 1.82) is 0 Å². The fourth-order valence-electron chi connectivity index (χ4n) is 2.17. The number of nitrogens with zero attached hydrogens (tertiary/aromatic N) is 1. The molecule has 1 aromatic carbocycles. The Balaban J connectivity index is 1.71. The number of piperidine rings is 1. The lowest BCUT2D eigenvalue weighted by Gasteiger charge is -2.29. The van der Waals surface area contributed by atoms with Gasteiger partial charge in [-0.1, -0.05) is 28.1 Å². The maximum atomic E-state index is 11.8. The molecule has 0 bridgehead atoms. The van der Waals surface area contributed by atoms with E-state index in [1.165, 1.54) is 0 Å². The summed E-state index contributed by atoms with van der Waals surface area (Å²) in [5.41, 5.74) is 6.95. The van der Waals surface area contributed by atoms with E-state index in [2.05, 4.69) is 26.1 Å². The summed E-state index contributed by atoms with van der Waals surface area (Å²) < 4.78 is 1.05. The van der Waals surface area contributed by atoms with Crippen LogP contribution in [0.25, 0.3) is 0 Å². The molecule has 0 aromatic heterocycles. The molecule has 0 unspecified atom stereocenters. The second-order valence-corrected chi connectivity index (χ2v) is 5.93. The van der Waals surface area contributed by atoms with Gasteiger partial charge in [-0.15, -0.1) is 0 Å². The number of nitrogens with one attached hydrogen (secondary N) is 1. The largest absolute Gasteiger partial charge is 0.351 e. The minimum absolute atomic E-state index is 0.0818. The summed E-state index contributed by atoms with van der Waals surface area (Å²) >= 11 is 3.39. The van der Waals surface area contributed by atoms with E-state index in [1.807, 2.05) is 24.3 Å². The molecule has 0 atom stereocenters. The average molecular weight is 326 g/mol. The van der Waals surface area contributed by atoms with Crippen molar-refractivity contribution in [2.24, 2.45) is 5.73 Å². The zero-order chi connectivity index (χ0) is 13.7. The van der Waals surface area contributed by atoms with E-state index < -0.39 is 0 Å². The molecule has 0 aliphatic carbocycles. The van der Waals surface area contributed by atoms with Gasteiger partial charge in [-0.25, -0.2) is 0 Å². The molecule has 1 saturated heterocycles. The van der Waals surface area contributed by atoms with Crippen LogP contribution in [-0.4, -0.2) is 36.5 Å². The van der Waals surface area contributed by atoms with Gasteiger partial charge in [-0.05, 0) is 30.5 Å². The summed E-state index contributed by atoms with van der Waals surface area (Å²) in [5.74, 6) is 0.0818. The van der Waals surface area contributed by atoms with E-state index in [-0.39, 0.29) is 5.91 Å². The first kappa shape index (κ1) is 14.5. The second kappa shape index (κ2) is 7.03. The molecule has 1 aliphatic rings. The first-order valence-electron chi connectivity index (χ1n) is 6.62. The SMILES string of the molecule is NC1CCN(CC(=O)NCc2ccc(Br)cc2)CC1. The van der Waals surface area contributed by atoms with Crippen LogP contribution in [0.1, 0.15) is 18.4 Å². The number of benzene rings is 1. The summed E-state index contributed by atoms with van der Waals surface area (Å²) in [6.07, 6.45) is 1.97. The molecule has 5 heteroatoms. The predicted molar refractivity (Wildman–Crippen MR) is 79.6 cm³/mol. The number of hydrogen-bond acceptors (Lipinski definition) is 3. The summed E-state index contributed by atoms with van der Waals surface area (Å²) in [5, 5.41) is 2.95. The molecule has 0 spiro atoms. The summed E-state index contributed by atoms with van der Waals surface area (Å²) in [6.45, 7) is 2.91. The minimum atomic E-state index is 0.0818. The standard InChI is InChI=1S/C14H20BrN3O/c15-12-3-1-11(2-4-12)9-17-14(19)10-18-7-5-13(16)6-8-18/h1-4,13H,5-10,16H2,(H,17,19). The zero-order valence-corrected chi connectivity index (χ0v) is 12.5. The molecule has 104 valence electrons. The zero-order valence-electron chi connectivity index (χ0n) is 10.9. The van der Waals surface area contributed by atoms with E-state index in [1.54, 1.807) is 0 Å². The fraction of sp³-hybridized carbons (Fsp3) is 0.500. The van der Waals surface area contributed by atoms with E-state index >= 15 is 0 Å². The van der Waals surface area contributed by atoms with Crippen molar-refractivity contribution >= 4 is 21.8 Å². The predicted octanol–water partition coefficient (Wildman–Crippen LogP) is 1.49. The molecule has 1 aromatic rings. The number of likely N-dealkylation sites (tertiary alicyclic amines) is 1. The highest BCUT2D eigenvalue weighted by Gasteiger charge is 2.17. The Hall–Kier alpha value is -0.910. The topological polar surface area (TPSA) is 58.4 Å². The van der Waals surface area contributed by atoms with Crippen molar-refractivity contribution in [3.8, 4) is 0 Å². The average Bonchev–Trinajstić information content (AvgIpc) is 2.41. The maximum absolute atomic E-state index is 11.8. The van der Waals surface area contributed by atoms with Crippen LogP contribution in [0, 0.1) is 0 Å². The maximum Gasteiger partial charge on any atom is 0.234 e. The third-order valence-electron chi connectivity index (χ3n) is 3.40. The first-order chi connectivity index (χ1) is 9.13. The second-order valence-electron chi connectivity index (χ2n) is 5.02. The van der Waals surface area contributed by atoms with Gasteiger partial charge < -0.3 is 11.1 Å². The number of halogens is 1. The van der Waals surface area contributed by atoms with Gasteiger partial charge >= 0.3 is 0 Å². The van der Waals surface area contributed by atoms with Gasteiger partial charge in [0, 0.05) is 30.1 Å². The van der Waals surface area contributed by atoms with Gasteiger partial charge in [-0.2, -0.15) is 0 Å². The number of rotatable bonds is 4. The smallest absolute Gasteiger partial charge is 0.234 e. The molecule has 1 fully saturated rings. The van der Waals surface area contributed by atoms with Crippen LogP contribution in [0.3, 0.4) is 0 Å². The fourth-order valence-corrected chi connectivity index (χ4v) is 2.44. The van der Waals surface area contributed by atoms with Crippen LogP contribution < -0.4 is 11.1 Å². The van der Waals surface area contributed by atoms with Crippen LogP contribution in [0.4, 0.5) is 0 Å². The van der Waals surface area contributed by atoms with Crippen LogP contribution in [0.5, 0.6) is 0 Å². The number of nitrogens with two attached hydrogens (primary N) is 1.